The average molecular weight is 463 g/mol. The first-order valence-electron chi connectivity index (χ1n) is 9.86. The molecule has 1 heterocycles. The number of hydrogen-bond acceptors (Lipinski definition) is 4. The molecule has 1 saturated carbocycles. The number of alkyl halides is 3. The summed E-state index contributed by atoms with van der Waals surface area (Å²) in [6, 6.07) is 7.08. The lowest BCUT2D eigenvalue weighted by Gasteiger charge is -2.42. The SMILES string of the molecule is CC(C)(C)[C@@H]1CCC2=NN(C(=O)CSCc3ccccc3Cl)[C@@](O)(C(F)(F)F)[C@H]2C1. The first-order valence-corrected chi connectivity index (χ1v) is 11.4. The minimum Gasteiger partial charge on any atom is -0.362 e. The summed E-state index contributed by atoms with van der Waals surface area (Å²) in [5.74, 6) is -1.96. The van der Waals surface area contributed by atoms with Crippen molar-refractivity contribution in [2.45, 2.75) is 57.7 Å². The maximum atomic E-state index is 14.0. The van der Waals surface area contributed by atoms with Gasteiger partial charge >= 0.3 is 6.18 Å². The van der Waals surface area contributed by atoms with Crippen molar-refractivity contribution < 1.29 is 23.1 Å². The number of aliphatic hydroxyl groups is 1. The fraction of sp³-hybridized carbons (Fsp3) is 0.619. The van der Waals surface area contributed by atoms with E-state index in [0.29, 0.717) is 23.6 Å². The predicted molar refractivity (Wildman–Crippen MR) is 113 cm³/mol. The van der Waals surface area contributed by atoms with E-state index in [-0.39, 0.29) is 34.2 Å². The Kier molecular flexibility index (Phi) is 6.52. The Labute approximate surface area is 183 Å². The molecule has 4 nitrogen and oxygen atoms in total. The molecule has 0 saturated heterocycles. The number of hydrazone groups is 1. The third-order valence-corrected chi connectivity index (χ3v) is 7.36. The van der Waals surface area contributed by atoms with Crippen molar-refractivity contribution in [2.24, 2.45) is 22.4 Å². The van der Waals surface area contributed by atoms with Gasteiger partial charge in [-0.3, -0.25) is 4.79 Å². The van der Waals surface area contributed by atoms with Crippen LogP contribution in [0.5, 0.6) is 0 Å². The molecule has 1 aliphatic heterocycles. The van der Waals surface area contributed by atoms with E-state index in [1.165, 1.54) is 0 Å². The molecule has 0 spiro atoms. The van der Waals surface area contributed by atoms with Gasteiger partial charge in [0.25, 0.3) is 11.6 Å². The molecular weight excluding hydrogens is 437 g/mol. The fourth-order valence-corrected chi connectivity index (χ4v) is 5.33. The fourth-order valence-electron chi connectivity index (χ4n) is 4.18. The maximum Gasteiger partial charge on any atom is 0.439 e. The van der Waals surface area contributed by atoms with Crippen molar-refractivity contribution in [2.75, 3.05) is 5.75 Å². The van der Waals surface area contributed by atoms with Gasteiger partial charge in [-0.25, -0.2) is 0 Å². The zero-order chi connectivity index (χ0) is 22.3. The van der Waals surface area contributed by atoms with Gasteiger partial charge in [-0.05, 0) is 42.2 Å². The molecule has 2 aliphatic rings. The molecule has 1 aliphatic carbocycles. The summed E-state index contributed by atoms with van der Waals surface area (Å²) in [6.07, 6.45) is -3.82. The molecule has 3 rings (SSSR count). The number of benzene rings is 1. The first kappa shape index (κ1) is 23.4. The zero-order valence-electron chi connectivity index (χ0n) is 17.2. The normalized spacial score (nSPS) is 27.1. The van der Waals surface area contributed by atoms with Gasteiger partial charge in [0, 0.05) is 16.5 Å². The number of hydrogen-bond donors (Lipinski definition) is 1. The molecule has 1 fully saturated rings. The summed E-state index contributed by atoms with van der Waals surface area (Å²) in [5, 5.41) is 15.6. The molecule has 166 valence electrons. The average Bonchev–Trinajstić information content (AvgIpc) is 2.96. The van der Waals surface area contributed by atoms with Gasteiger partial charge < -0.3 is 5.11 Å². The topological polar surface area (TPSA) is 52.9 Å². The number of fused-ring (bicyclic) bond motifs is 1. The van der Waals surface area contributed by atoms with E-state index in [9.17, 15) is 23.1 Å². The molecular formula is C21H26ClF3N2O2S. The Bertz CT molecular complexity index is 840. The quantitative estimate of drug-likeness (QED) is 0.644. The Morgan fingerprint density at radius 2 is 2.00 bits per heavy atom. The van der Waals surface area contributed by atoms with Crippen LogP contribution in [0.4, 0.5) is 13.2 Å². The van der Waals surface area contributed by atoms with Gasteiger partial charge in [0.1, 0.15) is 0 Å². The number of carbonyl (C=O) groups is 1. The highest BCUT2D eigenvalue weighted by molar-refractivity contribution is 7.99. The van der Waals surface area contributed by atoms with Crippen LogP contribution in [-0.4, -0.2) is 39.4 Å². The summed E-state index contributed by atoms with van der Waals surface area (Å²) < 4.78 is 42.1. The van der Waals surface area contributed by atoms with Crippen LogP contribution in [0, 0.1) is 17.3 Å². The number of rotatable bonds is 4. The molecule has 1 aromatic rings. The highest BCUT2D eigenvalue weighted by Crippen LogP contribution is 2.51. The van der Waals surface area contributed by atoms with Crippen molar-refractivity contribution in [1.29, 1.82) is 0 Å². The molecule has 0 aromatic heterocycles. The van der Waals surface area contributed by atoms with Crippen molar-refractivity contribution in [3.63, 3.8) is 0 Å². The summed E-state index contributed by atoms with van der Waals surface area (Å²) in [6.45, 7) is 5.95. The van der Waals surface area contributed by atoms with E-state index in [0.717, 1.165) is 17.3 Å². The predicted octanol–water partition coefficient (Wildman–Crippen LogP) is 5.48. The van der Waals surface area contributed by atoms with E-state index in [1.807, 2.05) is 20.8 Å². The number of amides is 1. The Morgan fingerprint density at radius 1 is 1.33 bits per heavy atom. The second-order valence-corrected chi connectivity index (χ2v) is 10.4. The minimum atomic E-state index is -5.01. The summed E-state index contributed by atoms with van der Waals surface area (Å²) in [7, 11) is 0. The first-order chi connectivity index (χ1) is 13.9. The third-order valence-electron chi connectivity index (χ3n) is 6.03. The largest absolute Gasteiger partial charge is 0.439 e. The highest BCUT2D eigenvalue weighted by Gasteiger charge is 2.69. The molecule has 0 unspecified atom stereocenters. The van der Waals surface area contributed by atoms with Gasteiger partial charge in [-0.15, -0.1) is 11.8 Å². The van der Waals surface area contributed by atoms with Crippen LogP contribution < -0.4 is 0 Å². The van der Waals surface area contributed by atoms with Crippen molar-refractivity contribution >= 4 is 35.0 Å². The third kappa shape index (κ3) is 4.36. The smallest absolute Gasteiger partial charge is 0.362 e. The lowest BCUT2D eigenvalue weighted by Crippen LogP contribution is -2.62. The van der Waals surface area contributed by atoms with Crippen LogP contribution in [0.25, 0.3) is 0 Å². The molecule has 0 bridgehead atoms. The van der Waals surface area contributed by atoms with Gasteiger partial charge in [0.15, 0.2) is 0 Å². The molecule has 1 aromatic carbocycles. The Morgan fingerprint density at radius 3 is 2.60 bits per heavy atom. The number of halogens is 4. The summed E-state index contributed by atoms with van der Waals surface area (Å²) >= 11 is 7.23. The van der Waals surface area contributed by atoms with Crippen LogP contribution in [0.2, 0.25) is 5.02 Å². The van der Waals surface area contributed by atoms with E-state index in [1.54, 1.807) is 24.3 Å². The lowest BCUT2D eigenvalue weighted by molar-refractivity contribution is -0.317. The Balaban J connectivity index is 1.77. The van der Waals surface area contributed by atoms with Crippen LogP contribution >= 0.6 is 23.4 Å². The van der Waals surface area contributed by atoms with Gasteiger partial charge in [0.05, 0.1) is 11.7 Å². The molecule has 1 N–H and O–H groups in total. The van der Waals surface area contributed by atoms with E-state index in [4.69, 9.17) is 11.6 Å². The van der Waals surface area contributed by atoms with Crippen molar-refractivity contribution in [1.82, 2.24) is 5.01 Å². The second kappa shape index (κ2) is 8.36. The van der Waals surface area contributed by atoms with Crippen LogP contribution in [0.3, 0.4) is 0 Å². The van der Waals surface area contributed by atoms with Crippen molar-refractivity contribution in [3.8, 4) is 0 Å². The van der Waals surface area contributed by atoms with E-state index < -0.39 is 23.7 Å². The molecule has 3 atom stereocenters. The molecule has 30 heavy (non-hydrogen) atoms. The minimum absolute atomic E-state index is 0.0000236. The van der Waals surface area contributed by atoms with Crippen LogP contribution in [-0.2, 0) is 10.5 Å². The molecule has 9 heteroatoms. The molecule has 0 radical (unpaired) electrons. The standard InChI is InChI=1S/C21H26ClF3N2O2S/c1-19(2,3)14-8-9-17-15(10-14)20(29,21(23,24)25)27(26-17)18(28)12-30-11-13-6-4-5-7-16(13)22/h4-7,14-15,29H,8-12H2,1-3H3/t14-,15+,20+/m1/s1. The monoisotopic (exact) mass is 462 g/mol. The van der Waals surface area contributed by atoms with Gasteiger partial charge in [0.2, 0.25) is 0 Å². The number of thioether (sulfide) groups is 1. The van der Waals surface area contributed by atoms with Crippen LogP contribution in [0.15, 0.2) is 29.4 Å². The summed E-state index contributed by atoms with van der Waals surface area (Å²) in [4.78, 5) is 12.7. The number of nitrogens with zero attached hydrogens (tertiary/aromatic N) is 2. The van der Waals surface area contributed by atoms with Crippen molar-refractivity contribution in [3.05, 3.63) is 34.9 Å². The van der Waals surface area contributed by atoms with Gasteiger partial charge in [-0.2, -0.15) is 23.3 Å². The van der Waals surface area contributed by atoms with E-state index >= 15 is 0 Å². The Hall–Kier alpha value is -1.25. The van der Waals surface area contributed by atoms with E-state index in [2.05, 4.69) is 5.10 Å². The maximum absolute atomic E-state index is 14.0. The van der Waals surface area contributed by atoms with Crippen LogP contribution in [0.1, 0.15) is 45.6 Å². The second-order valence-electron chi connectivity index (χ2n) is 8.99. The number of carbonyl (C=O) groups excluding carboxylic acids is 1. The van der Waals surface area contributed by atoms with Gasteiger partial charge in [-0.1, -0.05) is 50.6 Å². The molecule has 1 amide bonds. The summed E-state index contributed by atoms with van der Waals surface area (Å²) in [5.41, 5.74) is -2.44. The zero-order valence-corrected chi connectivity index (χ0v) is 18.7. The highest BCUT2D eigenvalue weighted by atomic mass is 35.5. The lowest BCUT2D eigenvalue weighted by atomic mass is 9.66.